The van der Waals surface area contributed by atoms with Gasteiger partial charge in [-0.3, -0.25) is 4.79 Å². The molecule has 0 aliphatic carbocycles. The number of nitrogens with one attached hydrogen (secondary N) is 1. The maximum Gasteiger partial charge on any atom is 0.256 e. The van der Waals surface area contributed by atoms with Crippen molar-refractivity contribution in [3.63, 3.8) is 0 Å². The molecule has 0 atom stereocenters. The van der Waals surface area contributed by atoms with Gasteiger partial charge in [-0.25, -0.2) is 9.97 Å². The summed E-state index contributed by atoms with van der Waals surface area (Å²) in [6.07, 6.45) is 9.11. The van der Waals surface area contributed by atoms with Crippen molar-refractivity contribution >= 4 is 25.7 Å². The van der Waals surface area contributed by atoms with Gasteiger partial charge in [0.15, 0.2) is 14.1 Å². The summed E-state index contributed by atoms with van der Waals surface area (Å²) in [5.74, 6) is 0.315. The van der Waals surface area contributed by atoms with Crippen molar-refractivity contribution in [2.75, 3.05) is 11.9 Å². The van der Waals surface area contributed by atoms with Crippen molar-refractivity contribution in [3.8, 4) is 5.69 Å². The van der Waals surface area contributed by atoms with E-state index in [2.05, 4.69) is 63.0 Å². The van der Waals surface area contributed by atoms with E-state index >= 15 is 0 Å². The Kier molecular flexibility index (Phi) is 6.46. The largest absolute Gasteiger partial charge is 0.416 e. The van der Waals surface area contributed by atoms with Crippen molar-refractivity contribution in [3.05, 3.63) is 78.6 Å². The average Bonchev–Trinajstić information content (AvgIpc) is 3.46. The summed E-state index contributed by atoms with van der Waals surface area (Å²) in [7, 11) is -1.83. The smallest absolute Gasteiger partial charge is 0.256 e. The first-order valence-corrected chi connectivity index (χ1v) is 14.8. The van der Waals surface area contributed by atoms with Gasteiger partial charge in [-0.2, -0.15) is 0 Å². The first kappa shape index (κ1) is 24.9. The molecule has 4 aromatic rings. The highest BCUT2D eigenvalue weighted by Crippen LogP contribution is 2.38. The summed E-state index contributed by atoms with van der Waals surface area (Å²) in [4.78, 5) is 21.5. The number of carbonyl (C=O) groups excluding carboxylic acids is 1. The van der Waals surface area contributed by atoms with E-state index in [0.29, 0.717) is 18.0 Å². The third-order valence-electron chi connectivity index (χ3n) is 7.01. The average molecular weight is 490 g/mol. The van der Waals surface area contributed by atoms with Crippen molar-refractivity contribution in [1.29, 1.82) is 0 Å². The Morgan fingerprint density at radius 3 is 2.37 bits per heavy atom. The van der Waals surface area contributed by atoms with E-state index in [1.807, 2.05) is 64.0 Å². The van der Waals surface area contributed by atoms with E-state index in [0.717, 1.165) is 16.9 Å². The van der Waals surface area contributed by atoms with Crippen molar-refractivity contribution < 1.29 is 9.22 Å². The molecule has 3 heterocycles. The zero-order valence-corrected chi connectivity index (χ0v) is 22.7. The SMILES string of the molecule is CC(C)(CO[Si](C)(C)C(C)(C)C)c1ccc(C(=O)Nc2cn3cc(-n4ccnc4)ccc3n2)cc1. The van der Waals surface area contributed by atoms with Crippen LogP contribution in [0.2, 0.25) is 18.1 Å². The Labute approximate surface area is 208 Å². The quantitative estimate of drug-likeness (QED) is 0.320. The fourth-order valence-electron chi connectivity index (χ4n) is 3.53. The highest BCUT2D eigenvalue weighted by atomic mass is 28.4. The molecule has 8 heteroatoms. The number of fused-ring (bicyclic) bond motifs is 1. The summed E-state index contributed by atoms with van der Waals surface area (Å²) in [6, 6.07) is 11.6. The van der Waals surface area contributed by atoms with Gasteiger partial charge in [0, 0.05) is 36.2 Å². The second-order valence-corrected chi connectivity index (χ2v) is 16.0. The fourth-order valence-corrected chi connectivity index (χ4v) is 4.68. The van der Waals surface area contributed by atoms with Crippen LogP contribution in [0.3, 0.4) is 0 Å². The summed E-state index contributed by atoms with van der Waals surface area (Å²) in [5.41, 5.74) is 3.29. The molecule has 0 saturated heterocycles. The molecule has 0 bridgehead atoms. The minimum absolute atomic E-state index is 0.154. The summed E-state index contributed by atoms with van der Waals surface area (Å²) in [6.45, 7) is 16.3. The van der Waals surface area contributed by atoms with Crippen LogP contribution in [-0.4, -0.2) is 39.8 Å². The highest BCUT2D eigenvalue weighted by Gasteiger charge is 2.38. The van der Waals surface area contributed by atoms with E-state index in [-0.39, 0.29) is 16.4 Å². The van der Waals surface area contributed by atoms with Crippen molar-refractivity contribution in [1.82, 2.24) is 18.9 Å². The number of aromatic nitrogens is 4. The van der Waals surface area contributed by atoms with Crippen molar-refractivity contribution in [2.24, 2.45) is 0 Å². The number of carbonyl (C=O) groups is 1. The third-order valence-corrected chi connectivity index (χ3v) is 11.5. The summed E-state index contributed by atoms with van der Waals surface area (Å²) >= 11 is 0. The molecule has 0 spiro atoms. The standard InChI is InChI=1S/C27H35N5O2Si/c1-26(2,3)35(6,7)34-18-27(4,5)21-10-8-20(9-11-21)25(33)30-23-17-32-16-22(12-13-24(32)29-23)31-15-14-28-19-31/h8-17,19H,18H2,1-7H3,(H,30,33). The number of hydrogen-bond acceptors (Lipinski definition) is 4. The molecule has 1 N–H and O–H groups in total. The van der Waals surface area contributed by atoms with Crippen LogP contribution >= 0.6 is 0 Å². The lowest BCUT2D eigenvalue weighted by Crippen LogP contribution is -2.43. The predicted octanol–water partition coefficient (Wildman–Crippen LogP) is 6.07. The lowest BCUT2D eigenvalue weighted by Gasteiger charge is -2.39. The number of anilines is 1. The van der Waals surface area contributed by atoms with Gasteiger partial charge in [-0.1, -0.05) is 46.8 Å². The number of nitrogens with zero attached hydrogens (tertiary/aromatic N) is 4. The topological polar surface area (TPSA) is 73.4 Å². The Hall–Kier alpha value is -3.23. The molecule has 0 aliphatic heterocycles. The minimum atomic E-state index is -1.83. The summed E-state index contributed by atoms with van der Waals surface area (Å²) in [5, 5.41) is 3.08. The van der Waals surface area contributed by atoms with E-state index in [1.165, 1.54) is 0 Å². The monoisotopic (exact) mass is 489 g/mol. The molecule has 3 aromatic heterocycles. The molecule has 1 aromatic carbocycles. The summed E-state index contributed by atoms with van der Waals surface area (Å²) < 4.78 is 10.3. The molecule has 0 unspecified atom stereocenters. The molecule has 35 heavy (non-hydrogen) atoms. The molecular formula is C27H35N5O2Si. The predicted molar refractivity (Wildman–Crippen MR) is 143 cm³/mol. The maximum atomic E-state index is 12.9. The normalized spacial score (nSPS) is 12.8. The molecule has 0 fully saturated rings. The first-order valence-electron chi connectivity index (χ1n) is 11.9. The van der Waals surface area contributed by atoms with Crippen LogP contribution in [0, 0.1) is 0 Å². The molecule has 4 rings (SSSR count). The molecule has 0 aliphatic rings. The van der Waals surface area contributed by atoms with Gasteiger partial charge in [0.25, 0.3) is 5.91 Å². The van der Waals surface area contributed by atoms with E-state index < -0.39 is 8.32 Å². The van der Waals surface area contributed by atoms with E-state index in [9.17, 15) is 4.79 Å². The van der Waals surface area contributed by atoms with Gasteiger partial charge in [0.2, 0.25) is 0 Å². The number of hydrogen-bond donors (Lipinski definition) is 1. The van der Waals surface area contributed by atoms with Crippen LogP contribution in [0.4, 0.5) is 5.82 Å². The number of benzene rings is 1. The van der Waals surface area contributed by atoms with Crippen LogP contribution in [0.25, 0.3) is 11.3 Å². The van der Waals surface area contributed by atoms with Crippen LogP contribution < -0.4 is 5.32 Å². The number of amides is 1. The molecule has 0 radical (unpaired) electrons. The third kappa shape index (κ3) is 5.38. The Morgan fingerprint density at radius 2 is 1.74 bits per heavy atom. The lowest BCUT2D eigenvalue weighted by atomic mass is 9.85. The second-order valence-electron chi connectivity index (χ2n) is 11.2. The van der Waals surface area contributed by atoms with Gasteiger partial charge in [0.1, 0.15) is 5.65 Å². The Bertz CT molecular complexity index is 1320. The van der Waals surface area contributed by atoms with Gasteiger partial charge < -0.3 is 18.7 Å². The number of rotatable bonds is 7. The zero-order valence-electron chi connectivity index (χ0n) is 21.7. The second kappa shape index (κ2) is 9.09. The van der Waals surface area contributed by atoms with Gasteiger partial charge >= 0.3 is 0 Å². The van der Waals surface area contributed by atoms with Crippen LogP contribution in [0.15, 0.2) is 67.5 Å². The van der Waals surface area contributed by atoms with Crippen LogP contribution in [0.1, 0.15) is 50.5 Å². The molecule has 0 saturated carbocycles. The van der Waals surface area contributed by atoms with Crippen LogP contribution in [0.5, 0.6) is 0 Å². The van der Waals surface area contributed by atoms with E-state index in [1.54, 1.807) is 12.5 Å². The molecule has 1 amide bonds. The fraction of sp³-hybridized carbons (Fsp3) is 0.370. The first-order chi connectivity index (χ1) is 16.4. The Balaban J connectivity index is 1.43. The lowest BCUT2D eigenvalue weighted by molar-refractivity contribution is 0.102. The molecule has 7 nitrogen and oxygen atoms in total. The van der Waals surface area contributed by atoms with Gasteiger partial charge in [0.05, 0.1) is 18.2 Å². The van der Waals surface area contributed by atoms with Gasteiger partial charge in [-0.05, 0) is 48.0 Å². The van der Waals surface area contributed by atoms with Crippen molar-refractivity contribution in [2.45, 2.75) is 58.2 Å². The van der Waals surface area contributed by atoms with E-state index in [4.69, 9.17) is 4.43 Å². The highest BCUT2D eigenvalue weighted by molar-refractivity contribution is 6.74. The van der Waals surface area contributed by atoms with Gasteiger partial charge in [-0.15, -0.1) is 0 Å². The zero-order chi connectivity index (χ0) is 25.4. The number of pyridine rings is 1. The minimum Gasteiger partial charge on any atom is -0.416 e. The molecule has 184 valence electrons. The molecular weight excluding hydrogens is 454 g/mol. The Morgan fingerprint density at radius 1 is 1.03 bits per heavy atom. The maximum absolute atomic E-state index is 12.9. The number of imidazole rings is 2. The van der Waals surface area contributed by atoms with Crippen LogP contribution in [-0.2, 0) is 9.84 Å².